The first-order valence-corrected chi connectivity index (χ1v) is 6.07. The molecule has 94 valence electrons. The van der Waals surface area contributed by atoms with Crippen molar-refractivity contribution in [3.05, 3.63) is 59.4 Å². The molecule has 1 unspecified atom stereocenters. The van der Waals surface area contributed by atoms with E-state index in [1.807, 2.05) is 12.1 Å². The maximum Gasteiger partial charge on any atom is 0.119 e. The van der Waals surface area contributed by atoms with Crippen molar-refractivity contribution in [2.24, 2.45) is 0 Å². The molecule has 0 aliphatic rings. The van der Waals surface area contributed by atoms with Crippen molar-refractivity contribution in [1.82, 2.24) is 4.98 Å². The fraction of sp³-hybridized carbons (Fsp3) is 0.214. The number of pyridine rings is 1. The monoisotopic (exact) mass is 263 g/mol. The number of nitrogens with zero attached hydrogens (tertiary/aromatic N) is 1. The quantitative estimate of drug-likeness (QED) is 0.902. The van der Waals surface area contributed by atoms with Crippen LogP contribution in [0.5, 0.6) is 5.75 Å². The summed E-state index contributed by atoms with van der Waals surface area (Å²) >= 11 is 5.77. The highest BCUT2D eigenvalue weighted by Gasteiger charge is 2.06. The third-order valence-electron chi connectivity index (χ3n) is 2.45. The summed E-state index contributed by atoms with van der Waals surface area (Å²) in [7, 11) is 0. The normalized spacial score (nSPS) is 12.1. The van der Waals surface area contributed by atoms with E-state index in [-0.39, 0.29) is 6.61 Å². The standard InChI is InChI=1S/C14H14ClNO2/c15-12-3-5-14(6-4-12)18-10-13(17)8-11-2-1-7-16-9-11/h1-7,9,13,17H,8,10H2. The number of aromatic nitrogens is 1. The first kappa shape index (κ1) is 12.9. The molecule has 2 rings (SSSR count). The third kappa shape index (κ3) is 4.02. The molecule has 1 aromatic carbocycles. The summed E-state index contributed by atoms with van der Waals surface area (Å²) in [5.74, 6) is 0.699. The molecule has 0 bridgehead atoms. The van der Waals surface area contributed by atoms with Crippen LogP contribution in [0.1, 0.15) is 5.56 Å². The molecule has 0 radical (unpaired) electrons. The van der Waals surface area contributed by atoms with E-state index < -0.39 is 6.10 Å². The van der Waals surface area contributed by atoms with Gasteiger partial charge in [0.1, 0.15) is 12.4 Å². The molecular weight excluding hydrogens is 250 g/mol. The highest BCUT2D eigenvalue weighted by molar-refractivity contribution is 6.30. The Morgan fingerprint density at radius 2 is 2.00 bits per heavy atom. The van der Waals surface area contributed by atoms with Crippen molar-refractivity contribution in [2.45, 2.75) is 12.5 Å². The zero-order valence-electron chi connectivity index (χ0n) is 9.79. The number of hydrogen-bond acceptors (Lipinski definition) is 3. The predicted molar refractivity (Wildman–Crippen MR) is 70.9 cm³/mol. The second-order valence-electron chi connectivity index (χ2n) is 3.98. The van der Waals surface area contributed by atoms with Gasteiger partial charge in [0.15, 0.2) is 0 Å². The van der Waals surface area contributed by atoms with E-state index >= 15 is 0 Å². The van der Waals surface area contributed by atoms with E-state index in [2.05, 4.69) is 4.98 Å². The van der Waals surface area contributed by atoms with Gasteiger partial charge in [0.2, 0.25) is 0 Å². The van der Waals surface area contributed by atoms with Crippen molar-refractivity contribution >= 4 is 11.6 Å². The maximum absolute atomic E-state index is 9.84. The Labute approximate surface area is 111 Å². The number of rotatable bonds is 5. The zero-order chi connectivity index (χ0) is 12.8. The van der Waals surface area contributed by atoms with Crippen LogP contribution in [-0.2, 0) is 6.42 Å². The number of hydrogen-bond donors (Lipinski definition) is 1. The number of halogens is 1. The lowest BCUT2D eigenvalue weighted by Crippen LogP contribution is -2.20. The SMILES string of the molecule is OC(COc1ccc(Cl)cc1)Cc1cccnc1. The molecule has 0 saturated heterocycles. The first-order chi connectivity index (χ1) is 8.74. The lowest BCUT2D eigenvalue weighted by molar-refractivity contribution is 0.107. The third-order valence-corrected chi connectivity index (χ3v) is 2.70. The fourth-order valence-corrected chi connectivity index (χ4v) is 1.70. The molecule has 1 atom stereocenters. The number of aliphatic hydroxyl groups excluding tert-OH is 1. The summed E-state index contributed by atoms with van der Waals surface area (Å²) in [5.41, 5.74) is 0.990. The molecule has 1 aromatic heterocycles. The largest absolute Gasteiger partial charge is 0.491 e. The van der Waals surface area contributed by atoms with Crippen LogP contribution in [0.2, 0.25) is 5.02 Å². The summed E-state index contributed by atoms with van der Waals surface area (Å²) in [6.45, 7) is 0.247. The summed E-state index contributed by atoms with van der Waals surface area (Å²) in [5, 5.41) is 10.5. The molecule has 0 aliphatic heterocycles. The van der Waals surface area contributed by atoms with Gasteiger partial charge in [-0.25, -0.2) is 0 Å². The van der Waals surface area contributed by atoms with E-state index in [0.29, 0.717) is 17.2 Å². The molecule has 0 saturated carbocycles. The van der Waals surface area contributed by atoms with Crippen LogP contribution < -0.4 is 4.74 Å². The summed E-state index contributed by atoms with van der Waals surface area (Å²) in [4.78, 5) is 4.00. The minimum atomic E-state index is -0.551. The van der Waals surface area contributed by atoms with Crippen molar-refractivity contribution in [1.29, 1.82) is 0 Å². The molecule has 18 heavy (non-hydrogen) atoms. The Balaban J connectivity index is 1.81. The molecule has 2 aromatic rings. The van der Waals surface area contributed by atoms with E-state index in [1.165, 1.54) is 0 Å². The summed E-state index contributed by atoms with van der Waals surface area (Å²) < 4.78 is 5.47. The van der Waals surface area contributed by atoms with Crippen LogP contribution in [-0.4, -0.2) is 22.8 Å². The lowest BCUT2D eigenvalue weighted by atomic mass is 10.1. The van der Waals surface area contributed by atoms with Gasteiger partial charge in [-0.05, 0) is 35.9 Å². The van der Waals surface area contributed by atoms with E-state index in [0.717, 1.165) is 5.56 Å². The average Bonchev–Trinajstić information content (AvgIpc) is 2.39. The first-order valence-electron chi connectivity index (χ1n) is 5.69. The zero-order valence-corrected chi connectivity index (χ0v) is 10.5. The average molecular weight is 264 g/mol. The van der Waals surface area contributed by atoms with Crippen molar-refractivity contribution in [2.75, 3.05) is 6.61 Å². The molecule has 1 N–H and O–H groups in total. The van der Waals surface area contributed by atoms with Crippen LogP contribution in [0.4, 0.5) is 0 Å². The molecule has 0 amide bonds. The van der Waals surface area contributed by atoms with Crippen molar-refractivity contribution in [3.63, 3.8) is 0 Å². The molecule has 0 fully saturated rings. The van der Waals surface area contributed by atoms with Gasteiger partial charge in [0.05, 0.1) is 6.10 Å². The fourth-order valence-electron chi connectivity index (χ4n) is 1.57. The van der Waals surface area contributed by atoms with Gasteiger partial charge in [-0.3, -0.25) is 4.98 Å². The topological polar surface area (TPSA) is 42.4 Å². The van der Waals surface area contributed by atoms with Gasteiger partial charge >= 0.3 is 0 Å². The molecular formula is C14H14ClNO2. The van der Waals surface area contributed by atoms with Crippen molar-refractivity contribution in [3.8, 4) is 5.75 Å². The highest BCUT2D eigenvalue weighted by atomic mass is 35.5. The van der Waals surface area contributed by atoms with Gasteiger partial charge < -0.3 is 9.84 Å². The second-order valence-corrected chi connectivity index (χ2v) is 4.42. The predicted octanol–water partition coefficient (Wildman–Crippen LogP) is 2.72. The molecule has 4 heteroatoms. The number of benzene rings is 1. The van der Waals surface area contributed by atoms with Crippen LogP contribution in [0.3, 0.4) is 0 Å². The Hall–Kier alpha value is -1.58. The highest BCUT2D eigenvalue weighted by Crippen LogP contribution is 2.15. The van der Waals surface area contributed by atoms with Gasteiger partial charge in [-0.2, -0.15) is 0 Å². The van der Waals surface area contributed by atoms with Gasteiger partial charge in [0, 0.05) is 23.8 Å². The Morgan fingerprint density at radius 3 is 2.67 bits per heavy atom. The van der Waals surface area contributed by atoms with E-state index in [4.69, 9.17) is 16.3 Å². The summed E-state index contributed by atoms with van der Waals surface area (Å²) in [6.07, 6.45) is 3.43. The molecule has 0 aliphatic carbocycles. The lowest BCUT2D eigenvalue weighted by Gasteiger charge is -2.12. The van der Waals surface area contributed by atoms with Crippen LogP contribution >= 0.6 is 11.6 Å². The number of aliphatic hydroxyl groups is 1. The molecule has 3 nitrogen and oxygen atoms in total. The van der Waals surface area contributed by atoms with Gasteiger partial charge in [0.25, 0.3) is 0 Å². The smallest absolute Gasteiger partial charge is 0.119 e. The Bertz CT molecular complexity index is 473. The van der Waals surface area contributed by atoms with Crippen LogP contribution in [0, 0.1) is 0 Å². The van der Waals surface area contributed by atoms with Gasteiger partial charge in [-0.1, -0.05) is 17.7 Å². The van der Waals surface area contributed by atoms with E-state index in [1.54, 1.807) is 36.7 Å². The van der Waals surface area contributed by atoms with E-state index in [9.17, 15) is 5.11 Å². The molecule has 1 heterocycles. The van der Waals surface area contributed by atoms with Gasteiger partial charge in [-0.15, -0.1) is 0 Å². The molecule has 0 spiro atoms. The second kappa shape index (κ2) is 6.38. The van der Waals surface area contributed by atoms with Crippen LogP contribution in [0.15, 0.2) is 48.8 Å². The minimum Gasteiger partial charge on any atom is -0.491 e. The minimum absolute atomic E-state index is 0.247. The number of ether oxygens (including phenoxy) is 1. The van der Waals surface area contributed by atoms with Crippen molar-refractivity contribution < 1.29 is 9.84 Å². The Kier molecular flexibility index (Phi) is 4.56. The Morgan fingerprint density at radius 1 is 1.22 bits per heavy atom. The van der Waals surface area contributed by atoms with Crippen LogP contribution in [0.25, 0.3) is 0 Å². The summed E-state index contributed by atoms with van der Waals surface area (Å²) in [6, 6.07) is 10.8. The maximum atomic E-state index is 9.84.